The number of nitrogen functional groups attached to an aromatic ring is 1. The lowest BCUT2D eigenvalue weighted by atomic mass is 9.94. The first-order valence-corrected chi connectivity index (χ1v) is 8.93. The van der Waals surface area contributed by atoms with E-state index < -0.39 is 0 Å². The van der Waals surface area contributed by atoms with E-state index in [4.69, 9.17) is 5.73 Å². The van der Waals surface area contributed by atoms with Crippen LogP contribution in [0.2, 0.25) is 0 Å². The molecule has 2 aromatic rings. The Hall–Kier alpha value is -2.81. The van der Waals surface area contributed by atoms with Gasteiger partial charge in [-0.2, -0.15) is 0 Å². The second kappa shape index (κ2) is 9.04. The molecule has 0 spiro atoms. The molecule has 26 heavy (non-hydrogen) atoms. The van der Waals surface area contributed by atoms with Crippen molar-refractivity contribution in [1.29, 1.82) is 0 Å². The molecular formula is C23H29N3. The number of nitrogens with zero attached hydrogens (tertiary/aromatic N) is 1. The third-order valence-electron chi connectivity index (χ3n) is 4.41. The van der Waals surface area contributed by atoms with Crippen LogP contribution in [0.3, 0.4) is 0 Å². The van der Waals surface area contributed by atoms with Crippen LogP contribution in [-0.2, 0) is 6.42 Å². The summed E-state index contributed by atoms with van der Waals surface area (Å²) in [6, 6.07) is 12.3. The fourth-order valence-electron chi connectivity index (χ4n) is 2.89. The van der Waals surface area contributed by atoms with E-state index in [1.807, 2.05) is 26.0 Å². The second-order valence-electron chi connectivity index (χ2n) is 6.62. The van der Waals surface area contributed by atoms with Gasteiger partial charge in [-0.3, -0.25) is 4.99 Å². The average molecular weight is 348 g/mol. The molecule has 2 rings (SSSR count). The number of rotatable bonds is 6. The van der Waals surface area contributed by atoms with E-state index in [-0.39, 0.29) is 0 Å². The van der Waals surface area contributed by atoms with Crippen LogP contribution in [0.25, 0.3) is 11.6 Å². The van der Waals surface area contributed by atoms with E-state index in [2.05, 4.69) is 60.2 Å². The molecule has 0 bridgehead atoms. The van der Waals surface area contributed by atoms with Gasteiger partial charge >= 0.3 is 0 Å². The number of benzene rings is 2. The minimum absolute atomic E-state index is 0.807. The van der Waals surface area contributed by atoms with Crippen molar-refractivity contribution in [2.45, 2.75) is 33.6 Å². The predicted octanol–water partition coefficient (Wildman–Crippen LogP) is 5.72. The first-order valence-electron chi connectivity index (χ1n) is 8.93. The van der Waals surface area contributed by atoms with E-state index >= 15 is 0 Å². The molecule has 0 aliphatic rings. The maximum absolute atomic E-state index is 5.74. The fourth-order valence-corrected chi connectivity index (χ4v) is 2.89. The first kappa shape index (κ1) is 19.5. The van der Waals surface area contributed by atoms with Crippen LogP contribution in [0.5, 0.6) is 0 Å². The summed E-state index contributed by atoms with van der Waals surface area (Å²) in [4.78, 5) is 4.20. The maximum Gasteiger partial charge on any atom is 0.0972 e. The number of nitrogens with one attached hydrogen (secondary N) is 1. The lowest BCUT2D eigenvalue weighted by Crippen LogP contribution is -2.09. The minimum Gasteiger partial charge on any atom is -0.399 e. The molecule has 0 saturated heterocycles. The van der Waals surface area contributed by atoms with Crippen LogP contribution in [0.15, 0.2) is 54.0 Å². The summed E-state index contributed by atoms with van der Waals surface area (Å²) < 4.78 is 0. The molecule has 0 fully saturated rings. The Bertz CT molecular complexity index is 827. The number of aryl methyl sites for hydroxylation is 2. The molecule has 2 aromatic carbocycles. The normalized spacial score (nSPS) is 11.8. The van der Waals surface area contributed by atoms with Crippen molar-refractivity contribution in [3.63, 3.8) is 0 Å². The van der Waals surface area contributed by atoms with Crippen LogP contribution in [0, 0.1) is 6.92 Å². The van der Waals surface area contributed by atoms with Gasteiger partial charge in [-0.1, -0.05) is 36.9 Å². The van der Waals surface area contributed by atoms with Gasteiger partial charge in [-0.25, -0.2) is 0 Å². The standard InChI is InChI=1S/C23H29N3/c1-16(2)23-21(17(3)10-15-22(23)26-18(4)25-5)9-7-6-8-19-11-13-20(24)14-12-19/h7,9-15H,1,6,8,24H2,2-5H3,(H,25,26)/b9-7-. The fraction of sp³-hybridized carbons (Fsp3) is 0.261. The molecule has 3 nitrogen and oxygen atoms in total. The molecule has 3 N–H and O–H groups in total. The molecule has 0 unspecified atom stereocenters. The average Bonchev–Trinajstić information content (AvgIpc) is 2.62. The predicted molar refractivity (Wildman–Crippen MR) is 117 cm³/mol. The molecule has 0 atom stereocenters. The lowest BCUT2D eigenvalue weighted by molar-refractivity contribution is 1.01. The monoisotopic (exact) mass is 347 g/mol. The summed E-state index contributed by atoms with van der Waals surface area (Å²) >= 11 is 0. The summed E-state index contributed by atoms with van der Waals surface area (Å²) in [5.74, 6) is 0.884. The summed E-state index contributed by atoms with van der Waals surface area (Å²) in [6.07, 6.45) is 6.42. The third kappa shape index (κ3) is 5.09. The van der Waals surface area contributed by atoms with E-state index in [0.717, 1.165) is 41.2 Å². The van der Waals surface area contributed by atoms with Gasteiger partial charge in [0.2, 0.25) is 0 Å². The van der Waals surface area contributed by atoms with Crippen molar-refractivity contribution >= 4 is 28.9 Å². The quantitative estimate of drug-likeness (QED) is 0.399. The van der Waals surface area contributed by atoms with Gasteiger partial charge < -0.3 is 11.1 Å². The highest BCUT2D eigenvalue weighted by Gasteiger charge is 2.10. The molecule has 0 radical (unpaired) electrons. The van der Waals surface area contributed by atoms with E-state index in [0.29, 0.717) is 0 Å². The second-order valence-corrected chi connectivity index (χ2v) is 6.62. The largest absolute Gasteiger partial charge is 0.399 e. The van der Waals surface area contributed by atoms with Gasteiger partial charge in [0.15, 0.2) is 0 Å². The third-order valence-corrected chi connectivity index (χ3v) is 4.41. The molecule has 0 heterocycles. The Morgan fingerprint density at radius 3 is 2.46 bits per heavy atom. The molecule has 0 amide bonds. The Morgan fingerprint density at radius 1 is 1.15 bits per heavy atom. The summed E-state index contributed by atoms with van der Waals surface area (Å²) in [7, 11) is 1.79. The number of hydrogen-bond acceptors (Lipinski definition) is 2. The van der Waals surface area contributed by atoms with E-state index in [9.17, 15) is 0 Å². The number of amidine groups is 1. The van der Waals surface area contributed by atoms with Crippen LogP contribution in [-0.4, -0.2) is 12.9 Å². The number of anilines is 2. The SMILES string of the molecule is C=C(C)c1c(NC(C)=NC)ccc(C)c1/C=C\CCc1ccc(N)cc1. The minimum atomic E-state index is 0.807. The van der Waals surface area contributed by atoms with Crippen LogP contribution >= 0.6 is 0 Å². The van der Waals surface area contributed by atoms with Gasteiger partial charge in [0, 0.05) is 24.0 Å². The summed E-state index contributed by atoms with van der Waals surface area (Å²) in [5.41, 5.74) is 13.5. The summed E-state index contributed by atoms with van der Waals surface area (Å²) in [6.45, 7) is 10.3. The number of aliphatic imine (C=N–C) groups is 1. The highest BCUT2D eigenvalue weighted by Crippen LogP contribution is 2.30. The molecule has 0 aromatic heterocycles. The van der Waals surface area contributed by atoms with E-state index in [1.54, 1.807) is 7.05 Å². The van der Waals surface area contributed by atoms with Gasteiger partial charge in [-0.15, -0.1) is 0 Å². The van der Waals surface area contributed by atoms with Crippen molar-refractivity contribution in [2.24, 2.45) is 4.99 Å². The maximum atomic E-state index is 5.74. The van der Waals surface area contributed by atoms with Crippen LogP contribution < -0.4 is 11.1 Å². The highest BCUT2D eigenvalue weighted by atomic mass is 15.0. The molecule has 0 saturated carbocycles. The smallest absolute Gasteiger partial charge is 0.0972 e. The van der Waals surface area contributed by atoms with Gasteiger partial charge in [0.1, 0.15) is 0 Å². The van der Waals surface area contributed by atoms with Crippen molar-refractivity contribution in [1.82, 2.24) is 0 Å². The molecule has 3 heteroatoms. The van der Waals surface area contributed by atoms with E-state index in [1.165, 1.54) is 16.7 Å². The van der Waals surface area contributed by atoms with Crippen molar-refractivity contribution in [3.8, 4) is 0 Å². The zero-order valence-electron chi connectivity index (χ0n) is 16.3. The van der Waals surface area contributed by atoms with Crippen molar-refractivity contribution < 1.29 is 0 Å². The lowest BCUT2D eigenvalue weighted by Gasteiger charge is -2.17. The molecule has 0 aliphatic heterocycles. The zero-order chi connectivity index (χ0) is 19.1. The highest BCUT2D eigenvalue weighted by molar-refractivity contribution is 5.97. The molecular weight excluding hydrogens is 318 g/mol. The van der Waals surface area contributed by atoms with Crippen LogP contribution in [0.1, 0.15) is 42.5 Å². The number of hydrogen-bond donors (Lipinski definition) is 2. The van der Waals surface area contributed by atoms with Gasteiger partial charge in [-0.05, 0) is 74.1 Å². The number of allylic oxidation sites excluding steroid dienone is 2. The zero-order valence-corrected chi connectivity index (χ0v) is 16.3. The van der Waals surface area contributed by atoms with Crippen LogP contribution in [0.4, 0.5) is 11.4 Å². The molecule has 0 aliphatic carbocycles. The summed E-state index contributed by atoms with van der Waals surface area (Å²) in [5, 5.41) is 3.37. The molecule has 136 valence electrons. The van der Waals surface area contributed by atoms with Gasteiger partial charge in [0.25, 0.3) is 0 Å². The topological polar surface area (TPSA) is 50.4 Å². The Morgan fingerprint density at radius 2 is 1.85 bits per heavy atom. The van der Waals surface area contributed by atoms with Gasteiger partial charge in [0.05, 0.1) is 5.84 Å². The Labute approximate surface area is 157 Å². The van der Waals surface area contributed by atoms with Crippen molar-refractivity contribution in [3.05, 3.63) is 71.3 Å². The Balaban J connectivity index is 2.22. The van der Waals surface area contributed by atoms with Crippen molar-refractivity contribution in [2.75, 3.05) is 18.1 Å². The Kier molecular flexibility index (Phi) is 6.79. The first-order chi connectivity index (χ1) is 12.4. The number of nitrogens with two attached hydrogens (primary N) is 1.